The van der Waals surface area contributed by atoms with Gasteiger partial charge in [-0.05, 0) is 10.8 Å². The third-order valence-electron chi connectivity index (χ3n) is 1.54. The first-order chi connectivity index (χ1) is 7.58. The molecule has 16 heavy (non-hydrogen) atoms. The van der Waals surface area contributed by atoms with Crippen LogP contribution >= 0.6 is 47.0 Å². The van der Waals surface area contributed by atoms with Gasteiger partial charge in [0.15, 0.2) is 0 Å². The Morgan fingerprint density at radius 1 is 0.875 bits per heavy atom. The molecule has 0 aromatic heterocycles. The molecular formula is C8H4O4S4. The van der Waals surface area contributed by atoms with Crippen LogP contribution in [0, 0.1) is 0 Å². The van der Waals surface area contributed by atoms with Crippen molar-refractivity contribution in [1.29, 1.82) is 0 Å². The zero-order valence-corrected chi connectivity index (χ0v) is 10.8. The Balaban J connectivity index is 2.07. The molecule has 0 radical (unpaired) electrons. The van der Waals surface area contributed by atoms with Gasteiger partial charge in [0.25, 0.3) is 0 Å². The van der Waals surface area contributed by atoms with E-state index in [-0.39, 0.29) is 9.81 Å². The zero-order valence-electron chi connectivity index (χ0n) is 7.50. The second-order valence-electron chi connectivity index (χ2n) is 2.59. The highest BCUT2D eigenvalue weighted by Gasteiger charge is 2.26. The van der Waals surface area contributed by atoms with E-state index in [2.05, 4.69) is 0 Å². The Hall–Kier alpha value is -0.440. The number of carboxylic acid groups (broad SMARTS) is 2. The molecule has 0 saturated heterocycles. The van der Waals surface area contributed by atoms with E-state index < -0.39 is 11.9 Å². The van der Waals surface area contributed by atoms with Gasteiger partial charge in [0.2, 0.25) is 0 Å². The Morgan fingerprint density at radius 3 is 1.50 bits per heavy atom. The maximum atomic E-state index is 10.7. The molecule has 0 spiro atoms. The van der Waals surface area contributed by atoms with E-state index in [4.69, 9.17) is 10.2 Å². The Morgan fingerprint density at radius 2 is 1.25 bits per heavy atom. The van der Waals surface area contributed by atoms with Crippen LogP contribution in [0.25, 0.3) is 0 Å². The molecule has 0 unspecified atom stereocenters. The molecular weight excluding hydrogens is 288 g/mol. The lowest BCUT2D eigenvalue weighted by Gasteiger charge is -2.00. The quantitative estimate of drug-likeness (QED) is 0.804. The van der Waals surface area contributed by atoms with Crippen LogP contribution in [0.4, 0.5) is 0 Å². The summed E-state index contributed by atoms with van der Waals surface area (Å²) in [7, 11) is 0. The maximum Gasteiger partial charge on any atom is 0.343 e. The molecule has 0 aromatic rings. The van der Waals surface area contributed by atoms with Crippen molar-refractivity contribution in [3.05, 3.63) is 29.1 Å². The van der Waals surface area contributed by atoms with E-state index in [1.807, 2.05) is 0 Å². The summed E-state index contributed by atoms with van der Waals surface area (Å²) >= 11 is 4.98. The topological polar surface area (TPSA) is 74.6 Å². The van der Waals surface area contributed by atoms with Gasteiger partial charge < -0.3 is 10.2 Å². The summed E-state index contributed by atoms with van der Waals surface area (Å²) in [5.74, 6) is -1.90. The molecule has 0 amide bonds. The first kappa shape index (κ1) is 12.0. The molecule has 2 N–H and O–H groups in total. The molecule has 8 heteroatoms. The van der Waals surface area contributed by atoms with Crippen LogP contribution in [-0.4, -0.2) is 22.2 Å². The number of aliphatic carboxylic acids is 2. The highest BCUT2D eigenvalue weighted by molar-refractivity contribution is 8.34. The molecule has 0 aliphatic carbocycles. The minimum Gasteiger partial charge on any atom is -0.477 e. The Kier molecular flexibility index (Phi) is 3.63. The minimum atomic E-state index is -0.951. The average molecular weight is 292 g/mol. The fourth-order valence-electron chi connectivity index (χ4n) is 0.878. The average Bonchev–Trinajstić information content (AvgIpc) is 2.86. The predicted octanol–water partition coefficient (Wildman–Crippen LogP) is 2.93. The SMILES string of the molecule is O=C(O)C1=CS/C(=C2/SC=C(C(=O)O)S2)S1. The highest BCUT2D eigenvalue weighted by atomic mass is 32.2. The number of hydrogen-bond donors (Lipinski definition) is 2. The largest absolute Gasteiger partial charge is 0.477 e. The van der Waals surface area contributed by atoms with Crippen LogP contribution in [0.15, 0.2) is 29.1 Å². The number of rotatable bonds is 2. The third-order valence-corrected chi connectivity index (χ3v) is 6.78. The standard InChI is InChI=1S/C8H4O4S4/c9-5(10)3-1-13-7(15-3)8-14-2-4(16-8)6(11)12/h1-2H,(H,9,10)(H,11,12)/b8-7+. The van der Waals surface area contributed by atoms with Crippen LogP contribution in [0.2, 0.25) is 0 Å². The summed E-state index contributed by atoms with van der Waals surface area (Å²) in [5.41, 5.74) is 0. The molecule has 2 aliphatic rings. The minimum absolute atomic E-state index is 0.275. The van der Waals surface area contributed by atoms with Gasteiger partial charge in [-0.3, -0.25) is 0 Å². The van der Waals surface area contributed by atoms with Crippen LogP contribution < -0.4 is 0 Å². The molecule has 0 aromatic carbocycles. The second-order valence-corrected chi connectivity index (χ2v) is 6.97. The summed E-state index contributed by atoms with van der Waals surface area (Å²) in [6, 6.07) is 0. The molecule has 0 bridgehead atoms. The van der Waals surface area contributed by atoms with E-state index in [1.54, 1.807) is 10.8 Å². The molecule has 2 rings (SSSR count). The fraction of sp³-hybridized carbons (Fsp3) is 0. The summed E-state index contributed by atoms with van der Waals surface area (Å²) in [5, 5.41) is 20.7. The summed E-state index contributed by atoms with van der Waals surface area (Å²) in [4.78, 5) is 21.9. The summed E-state index contributed by atoms with van der Waals surface area (Å²) in [6.07, 6.45) is 0. The predicted molar refractivity (Wildman–Crippen MR) is 68.8 cm³/mol. The molecule has 2 aliphatic heterocycles. The second kappa shape index (κ2) is 4.82. The van der Waals surface area contributed by atoms with Gasteiger partial charge in [-0.1, -0.05) is 47.0 Å². The third kappa shape index (κ3) is 2.45. The molecule has 84 valence electrons. The van der Waals surface area contributed by atoms with Crippen molar-refractivity contribution in [2.24, 2.45) is 0 Å². The number of carboxylic acids is 2. The molecule has 0 fully saturated rings. The van der Waals surface area contributed by atoms with Crippen molar-refractivity contribution < 1.29 is 19.8 Å². The van der Waals surface area contributed by atoms with Crippen LogP contribution in [0.5, 0.6) is 0 Å². The lowest BCUT2D eigenvalue weighted by Crippen LogP contribution is -1.93. The van der Waals surface area contributed by atoms with Crippen molar-refractivity contribution in [2.45, 2.75) is 0 Å². The van der Waals surface area contributed by atoms with Gasteiger partial charge in [0.05, 0.1) is 8.47 Å². The van der Waals surface area contributed by atoms with Gasteiger partial charge in [-0.15, -0.1) is 0 Å². The van der Waals surface area contributed by atoms with Crippen molar-refractivity contribution in [1.82, 2.24) is 0 Å². The van der Waals surface area contributed by atoms with Crippen LogP contribution in [-0.2, 0) is 9.59 Å². The maximum absolute atomic E-state index is 10.7. The van der Waals surface area contributed by atoms with E-state index in [0.29, 0.717) is 0 Å². The zero-order chi connectivity index (χ0) is 11.7. The number of carbonyl (C=O) groups is 2. The van der Waals surface area contributed by atoms with E-state index in [0.717, 1.165) is 8.47 Å². The first-order valence-electron chi connectivity index (χ1n) is 3.88. The van der Waals surface area contributed by atoms with Gasteiger partial charge in [0.1, 0.15) is 9.81 Å². The van der Waals surface area contributed by atoms with E-state index in [9.17, 15) is 9.59 Å². The van der Waals surface area contributed by atoms with E-state index >= 15 is 0 Å². The van der Waals surface area contributed by atoms with Crippen molar-refractivity contribution >= 4 is 59.0 Å². The number of thioether (sulfide) groups is 4. The van der Waals surface area contributed by atoms with Gasteiger partial charge in [-0.2, -0.15) is 0 Å². The lowest BCUT2D eigenvalue weighted by molar-refractivity contribution is -0.132. The van der Waals surface area contributed by atoms with Crippen molar-refractivity contribution in [3.63, 3.8) is 0 Å². The van der Waals surface area contributed by atoms with Gasteiger partial charge in [0, 0.05) is 0 Å². The summed E-state index contributed by atoms with van der Waals surface area (Å²) in [6.45, 7) is 0. The first-order valence-corrected chi connectivity index (χ1v) is 7.27. The Bertz CT molecular complexity index is 421. The molecule has 4 nitrogen and oxygen atoms in total. The smallest absolute Gasteiger partial charge is 0.343 e. The fourth-order valence-corrected chi connectivity index (χ4v) is 5.40. The molecule has 2 heterocycles. The van der Waals surface area contributed by atoms with Crippen molar-refractivity contribution in [3.8, 4) is 0 Å². The monoisotopic (exact) mass is 292 g/mol. The highest BCUT2D eigenvalue weighted by Crippen LogP contribution is 2.55. The van der Waals surface area contributed by atoms with Crippen molar-refractivity contribution in [2.75, 3.05) is 0 Å². The Labute approximate surface area is 108 Å². The summed E-state index contributed by atoms with van der Waals surface area (Å²) < 4.78 is 1.67. The van der Waals surface area contributed by atoms with Crippen LogP contribution in [0.1, 0.15) is 0 Å². The van der Waals surface area contributed by atoms with Gasteiger partial charge in [-0.25, -0.2) is 9.59 Å². The van der Waals surface area contributed by atoms with Crippen LogP contribution in [0.3, 0.4) is 0 Å². The number of hydrogen-bond acceptors (Lipinski definition) is 6. The van der Waals surface area contributed by atoms with E-state index in [1.165, 1.54) is 47.0 Å². The lowest BCUT2D eigenvalue weighted by atomic mass is 10.7. The molecule has 0 saturated carbocycles. The molecule has 0 atom stereocenters. The normalized spacial score (nSPS) is 24.2. The van der Waals surface area contributed by atoms with Gasteiger partial charge >= 0.3 is 11.9 Å².